The summed E-state index contributed by atoms with van der Waals surface area (Å²) in [5.74, 6) is 0.271. The van der Waals surface area contributed by atoms with Gasteiger partial charge in [-0.1, -0.05) is 32.0 Å². The molecule has 0 aromatic heterocycles. The van der Waals surface area contributed by atoms with Crippen LogP contribution in [0, 0.1) is 5.92 Å². The molecular weight excluding hydrogens is 294 g/mol. The molecule has 0 radical (unpaired) electrons. The highest BCUT2D eigenvalue weighted by Crippen LogP contribution is 2.11. The van der Waals surface area contributed by atoms with Gasteiger partial charge in [0.05, 0.1) is 13.2 Å². The standard InChI is InChI=1S/C17H25N3O3/c1-13(2)12-15(16(21)20-8-10-23-11-9-20)19-17(22)18-14-6-4-3-5-7-14/h3-7,13,15H,8-12H2,1-2H3,(H2,18,19,22). The van der Waals surface area contributed by atoms with E-state index < -0.39 is 6.04 Å². The van der Waals surface area contributed by atoms with E-state index in [-0.39, 0.29) is 11.9 Å². The number of carbonyl (C=O) groups excluding carboxylic acids is 2. The van der Waals surface area contributed by atoms with Crippen LogP contribution in [0.2, 0.25) is 0 Å². The summed E-state index contributed by atoms with van der Waals surface area (Å²) in [5, 5.41) is 5.57. The zero-order chi connectivity index (χ0) is 16.7. The van der Waals surface area contributed by atoms with Gasteiger partial charge in [0.25, 0.3) is 0 Å². The van der Waals surface area contributed by atoms with E-state index in [0.29, 0.717) is 44.3 Å². The van der Waals surface area contributed by atoms with Crippen molar-refractivity contribution in [2.75, 3.05) is 31.6 Å². The first-order valence-corrected chi connectivity index (χ1v) is 8.05. The topological polar surface area (TPSA) is 70.7 Å². The lowest BCUT2D eigenvalue weighted by molar-refractivity contribution is -0.137. The number of morpholine rings is 1. The number of nitrogens with zero attached hydrogens (tertiary/aromatic N) is 1. The van der Waals surface area contributed by atoms with Crippen LogP contribution in [0.5, 0.6) is 0 Å². The molecule has 1 aromatic rings. The highest BCUT2D eigenvalue weighted by molar-refractivity contribution is 5.93. The van der Waals surface area contributed by atoms with Gasteiger partial charge in [-0.15, -0.1) is 0 Å². The molecule has 6 heteroatoms. The number of hydrogen-bond donors (Lipinski definition) is 2. The molecule has 0 bridgehead atoms. The van der Waals surface area contributed by atoms with Crippen molar-refractivity contribution < 1.29 is 14.3 Å². The number of hydrogen-bond acceptors (Lipinski definition) is 3. The van der Waals surface area contributed by atoms with Crippen molar-refractivity contribution in [3.63, 3.8) is 0 Å². The summed E-state index contributed by atoms with van der Waals surface area (Å²) in [5.41, 5.74) is 0.701. The largest absolute Gasteiger partial charge is 0.378 e. The minimum Gasteiger partial charge on any atom is -0.378 e. The van der Waals surface area contributed by atoms with Crippen molar-refractivity contribution in [3.05, 3.63) is 30.3 Å². The Hall–Kier alpha value is -2.08. The summed E-state index contributed by atoms with van der Waals surface area (Å²) in [6, 6.07) is 8.31. The molecule has 1 aromatic carbocycles. The fourth-order valence-corrected chi connectivity index (χ4v) is 2.54. The lowest BCUT2D eigenvalue weighted by Crippen LogP contribution is -2.52. The molecule has 1 heterocycles. The number of benzene rings is 1. The van der Waals surface area contributed by atoms with E-state index in [9.17, 15) is 9.59 Å². The van der Waals surface area contributed by atoms with E-state index in [0.717, 1.165) is 0 Å². The normalized spacial score (nSPS) is 16.0. The van der Waals surface area contributed by atoms with Crippen LogP contribution in [0.4, 0.5) is 10.5 Å². The van der Waals surface area contributed by atoms with Crippen molar-refractivity contribution in [2.45, 2.75) is 26.3 Å². The van der Waals surface area contributed by atoms with E-state index in [2.05, 4.69) is 10.6 Å². The second-order valence-corrected chi connectivity index (χ2v) is 6.08. The van der Waals surface area contributed by atoms with Gasteiger partial charge < -0.3 is 20.3 Å². The van der Waals surface area contributed by atoms with Gasteiger partial charge in [-0.2, -0.15) is 0 Å². The van der Waals surface area contributed by atoms with E-state index in [1.54, 1.807) is 17.0 Å². The van der Waals surface area contributed by atoms with Gasteiger partial charge in [0.1, 0.15) is 6.04 Å². The first kappa shape index (κ1) is 17.3. The predicted octanol–water partition coefficient (Wildman–Crippen LogP) is 2.08. The van der Waals surface area contributed by atoms with Crippen molar-refractivity contribution in [3.8, 4) is 0 Å². The quantitative estimate of drug-likeness (QED) is 0.873. The van der Waals surface area contributed by atoms with Crippen LogP contribution < -0.4 is 10.6 Å². The first-order valence-electron chi connectivity index (χ1n) is 8.05. The van der Waals surface area contributed by atoms with Gasteiger partial charge in [0, 0.05) is 18.8 Å². The molecule has 0 aliphatic carbocycles. The van der Waals surface area contributed by atoms with Gasteiger partial charge in [-0.25, -0.2) is 4.79 Å². The number of para-hydroxylation sites is 1. The second kappa shape index (κ2) is 8.53. The average molecular weight is 319 g/mol. The molecule has 1 unspecified atom stereocenters. The van der Waals surface area contributed by atoms with Crippen LogP contribution in [-0.2, 0) is 9.53 Å². The molecule has 3 amide bonds. The molecule has 1 atom stereocenters. The minimum atomic E-state index is -0.517. The van der Waals surface area contributed by atoms with Crippen molar-refractivity contribution in [1.29, 1.82) is 0 Å². The third-order valence-corrected chi connectivity index (χ3v) is 3.66. The Labute approximate surface area is 137 Å². The third kappa shape index (κ3) is 5.56. The number of ether oxygens (including phenoxy) is 1. The molecule has 0 spiro atoms. The van der Waals surface area contributed by atoms with Gasteiger partial charge in [-0.05, 0) is 24.5 Å². The molecule has 23 heavy (non-hydrogen) atoms. The summed E-state index contributed by atoms with van der Waals surface area (Å²) in [7, 11) is 0. The molecule has 1 aliphatic heterocycles. The zero-order valence-corrected chi connectivity index (χ0v) is 13.7. The molecule has 1 saturated heterocycles. The van der Waals surface area contributed by atoms with Crippen LogP contribution in [0.3, 0.4) is 0 Å². The van der Waals surface area contributed by atoms with Crippen molar-refractivity contribution in [2.24, 2.45) is 5.92 Å². The number of anilines is 1. The molecule has 1 fully saturated rings. The molecule has 2 N–H and O–H groups in total. The van der Waals surface area contributed by atoms with Gasteiger partial charge in [-0.3, -0.25) is 4.79 Å². The monoisotopic (exact) mass is 319 g/mol. The van der Waals surface area contributed by atoms with Gasteiger partial charge in [0.2, 0.25) is 5.91 Å². The number of carbonyl (C=O) groups is 2. The number of urea groups is 1. The average Bonchev–Trinajstić information content (AvgIpc) is 2.55. The second-order valence-electron chi connectivity index (χ2n) is 6.08. The van der Waals surface area contributed by atoms with E-state index in [4.69, 9.17) is 4.74 Å². The summed E-state index contributed by atoms with van der Waals surface area (Å²) in [4.78, 5) is 26.6. The Morgan fingerprint density at radius 3 is 2.43 bits per heavy atom. The van der Waals surface area contributed by atoms with Crippen LogP contribution in [0.15, 0.2) is 30.3 Å². The predicted molar refractivity (Wildman–Crippen MR) is 89.2 cm³/mol. The molecular formula is C17H25N3O3. The zero-order valence-electron chi connectivity index (χ0n) is 13.7. The Kier molecular flexibility index (Phi) is 6.40. The van der Waals surface area contributed by atoms with Crippen molar-refractivity contribution >= 4 is 17.6 Å². The highest BCUT2D eigenvalue weighted by atomic mass is 16.5. The van der Waals surface area contributed by atoms with E-state index in [1.165, 1.54) is 0 Å². The van der Waals surface area contributed by atoms with Crippen molar-refractivity contribution in [1.82, 2.24) is 10.2 Å². The minimum absolute atomic E-state index is 0.0368. The fourth-order valence-electron chi connectivity index (χ4n) is 2.54. The maximum atomic E-state index is 12.6. The van der Waals surface area contributed by atoms with Gasteiger partial charge >= 0.3 is 6.03 Å². The molecule has 6 nitrogen and oxygen atoms in total. The maximum Gasteiger partial charge on any atom is 0.319 e. The van der Waals surface area contributed by atoms with Crippen LogP contribution >= 0.6 is 0 Å². The lowest BCUT2D eigenvalue weighted by Gasteiger charge is -2.31. The molecule has 2 rings (SSSR count). The fraction of sp³-hybridized carbons (Fsp3) is 0.529. The first-order chi connectivity index (χ1) is 11.1. The molecule has 1 aliphatic rings. The summed E-state index contributed by atoms with van der Waals surface area (Å²) >= 11 is 0. The van der Waals surface area contributed by atoms with Crippen LogP contribution in [-0.4, -0.2) is 49.2 Å². The van der Waals surface area contributed by atoms with E-state index in [1.807, 2.05) is 32.0 Å². The Morgan fingerprint density at radius 2 is 1.83 bits per heavy atom. The Balaban J connectivity index is 1.96. The SMILES string of the molecule is CC(C)CC(NC(=O)Nc1ccccc1)C(=O)N1CCOCC1. The summed E-state index contributed by atoms with van der Waals surface area (Å²) in [6.45, 7) is 6.34. The lowest BCUT2D eigenvalue weighted by atomic mass is 10.0. The maximum absolute atomic E-state index is 12.6. The van der Waals surface area contributed by atoms with Crippen LogP contribution in [0.1, 0.15) is 20.3 Å². The van der Waals surface area contributed by atoms with Crippen LogP contribution in [0.25, 0.3) is 0 Å². The summed E-state index contributed by atoms with van der Waals surface area (Å²) < 4.78 is 5.28. The van der Waals surface area contributed by atoms with E-state index >= 15 is 0 Å². The third-order valence-electron chi connectivity index (χ3n) is 3.66. The smallest absolute Gasteiger partial charge is 0.319 e. The molecule has 0 saturated carbocycles. The Morgan fingerprint density at radius 1 is 1.17 bits per heavy atom. The summed E-state index contributed by atoms with van der Waals surface area (Å²) in [6.07, 6.45) is 0.610. The number of rotatable bonds is 5. The van der Waals surface area contributed by atoms with Gasteiger partial charge in [0.15, 0.2) is 0 Å². The number of nitrogens with one attached hydrogen (secondary N) is 2. The Bertz CT molecular complexity index is 513. The number of amides is 3. The molecule has 126 valence electrons. The highest BCUT2D eigenvalue weighted by Gasteiger charge is 2.27.